The number of aromatic nitrogens is 1. The average molecular weight is 338 g/mol. The van der Waals surface area contributed by atoms with Crippen molar-refractivity contribution in [3.63, 3.8) is 0 Å². The number of nitrogens with zero attached hydrogens (tertiary/aromatic N) is 2. The lowest BCUT2D eigenvalue weighted by molar-refractivity contribution is -0.132. The van der Waals surface area contributed by atoms with Gasteiger partial charge in [0.1, 0.15) is 0 Å². The molecule has 1 aromatic heterocycles. The summed E-state index contributed by atoms with van der Waals surface area (Å²) in [6.45, 7) is 3.82. The van der Waals surface area contributed by atoms with Gasteiger partial charge in [-0.15, -0.1) is 0 Å². The summed E-state index contributed by atoms with van der Waals surface area (Å²) >= 11 is 0. The fourth-order valence-electron chi connectivity index (χ4n) is 3.36. The van der Waals surface area contributed by atoms with Crippen LogP contribution >= 0.6 is 0 Å². The molecule has 134 valence electrons. The number of unbranched alkanes of at least 4 members (excludes halogenated alkanes) is 3. The van der Waals surface area contributed by atoms with Crippen molar-refractivity contribution in [2.45, 2.75) is 71.0 Å². The van der Waals surface area contributed by atoms with Crippen molar-refractivity contribution in [1.29, 1.82) is 0 Å². The Balaban J connectivity index is 1.61. The Kier molecular flexibility index (Phi) is 6.32. The van der Waals surface area contributed by atoms with Crippen LogP contribution in [0.25, 0.3) is 0 Å². The fourth-order valence-corrected chi connectivity index (χ4v) is 3.36. The minimum absolute atomic E-state index is 0.339. The Hall–Kier alpha value is -2.03. The molecule has 3 nitrogen and oxygen atoms in total. The SMILES string of the molecule is CCCCCCC(=O)N(Cc1cccn1Cc1ccccc1)C1CC1. The van der Waals surface area contributed by atoms with Crippen LogP contribution in [0.3, 0.4) is 0 Å². The maximum Gasteiger partial charge on any atom is 0.223 e. The predicted octanol–water partition coefficient (Wildman–Crippen LogP) is 5.00. The zero-order valence-electron chi connectivity index (χ0n) is 15.4. The van der Waals surface area contributed by atoms with Gasteiger partial charge in [-0.25, -0.2) is 0 Å². The van der Waals surface area contributed by atoms with Crippen LogP contribution in [-0.4, -0.2) is 21.4 Å². The summed E-state index contributed by atoms with van der Waals surface area (Å²) in [7, 11) is 0. The van der Waals surface area contributed by atoms with Gasteiger partial charge >= 0.3 is 0 Å². The normalized spacial score (nSPS) is 13.8. The summed E-state index contributed by atoms with van der Waals surface area (Å²) in [6.07, 6.45) is 9.81. The van der Waals surface area contributed by atoms with Gasteiger partial charge in [0.2, 0.25) is 5.91 Å². The molecule has 0 unspecified atom stereocenters. The average Bonchev–Trinajstić information content (AvgIpc) is 3.38. The van der Waals surface area contributed by atoms with E-state index in [0.717, 1.165) is 19.5 Å². The van der Waals surface area contributed by atoms with Crippen molar-refractivity contribution in [2.24, 2.45) is 0 Å². The topological polar surface area (TPSA) is 25.2 Å². The number of hydrogen-bond donors (Lipinski definition) is 0. The number of benzene rings is 1. The van der Waals surface area contributed by atoms with Crippen molar-refractivity contribution < 1.29 is 4.79 Å². The summed E-state index contributed by atoms with van der Waals surface area (Å²) in [5.74, 6) is 0.339. The lowest BCUT2D eigenvalue weighted by atomic mass is 10.1. The predicted molar refractivity (Wildman–Crippen MR) is 102 cm³/mol. The highest BCUT2D eigenvalue weighted by Gasteiger charge is 2.32. The van der Waals surface area contributed by atoms with Gasteiger partial charge < -0.3 is 9.47 Å². The van der Waals surface area contributed by atoms with E-state index in [-0.39, 0.29) is 0 Å². The minimum atomic E-state index is 0.339. The largest absolute Gasteiger partial charge is 0.345 e. The molecular weight excluding hydrogens is 308 g/mol. The molecule has 2 aromatic rings. The molecular formula is C22H30N2O. The zero-order chi connectivity index (χ0) is 17.5. The van der Waals surface area contributed by atoms with Gasteiger partial charge in [0.15, 0.2) is 0 Å². The summed E-state index contributed by atoms with van der Waals surface area (Å²) < 4.78 is 2.27. The van der Waals surface area contributed by atoms with Crippen LogP contribution < -0.4 is 0 Å². The molecule has 0 atom stereocenters. The van der Waals surface area contributed by atoms with E-state index >= 15 is 0 Å². The van der Waals surface area contributed by atoms with Crippen LogP contribution in [0, 0.1) is 0 Å². The van der Waals surface area contributed by atoms with Crippen molar-refractivity contribution in [1.82, 2.24) is 9.47 Å². The van der Waals surface area contributed by atoms with Gasteiger partial charge in [-0.3, -0.25) is 4.79 Å². The molecule has 3 heteroatoms. The summed E-state index contributed by atoms with van der Waals surface area (Å²) in [6, 6.07) is 15.2. The Morgan fingerprint density at radius 1 is 1.08 bits per heavy atom. The molecule has 0 bridgehead atoms. The molecule has 1 aliphatic rings. The standard InChI is InChI=1S/C22H30N2O/c1-2-3-4-8-13-22(25)24(20-14-15-20)18-21-12-9-16-23(21)17-19-10-6-5-7-11-19/h5-7,9-12,16,20H,2-4,8,13-15,17-18H2,1H3. The molecule has 1 aliphatic carbocycles. The number of carbonyl (C=O) groups is 1. The zero-order valence-corrected chi connectivity index (χ0v) is 15.4. The van der Waals surface area contributed by atoms with Crippen molar-refractivity contribution in [2.75, 3.05) is 0 Å². The Bertz CT molecular complexity index is 658. The molecule has 1 heterocycles. The Morgan fingerprint density at radius 3 is 2.60 bits per heavy atom. The molecule has 1 saturated carbocycles. The van der Waals surface area contributed by atoms with Crippen molar-refractivity contribution in [3.05, 3.63) is 59.9 Å². The fraction of sp³-hybridized carbons (Fsp3) is 0.500. The minimum Gasteiger partial charge on any atom is -0.345 e. The molecule has 25 heavy (non-hydrogen) atoms. The first-order valence-electron chi connectivity index (χ1n) is 9.75. The van der Waals surface area contributed by atoms with E-state index in [1.54, 1.807) is 0 Å². The maximum atomic E-state index is 12.7. The quantitative estimate of drug-likeness (QED) is 0.560. The van der Waals surface area contributed by atoms with E-state index < -0.39 is 0 Å². The van der Waals surface area contributed by atoms with Gasteiger partial charge in [0.05, 0.1) is 6.54 Å². The first kappa shape index (κ1) is 17.8. The molecule has 0 aliphatic heterocycles. The van der Waals surface area contributed by atoms with Crippen molar-refractivity contribution in [3.8, 4) is 0 Å². The van der Waals surface area contributed by atoms with Gasteiger partial charge in [-0.05, 0) is 37.0 Å². The molecule has 3 rings (SSSR count). The molecule has 1 aromatic carbocycles. The highest BCUT2D eigenvalue weighted by molar-refractivity contribution is 5.76. The first-order valence-corrected chi connectivity index (χ1v) is 9.75. The van der Waals surface area contributed by atoms with Crippen LogP contribution in [0.2, 0.25) is 0 Å². The van der Waals surface area contributed by atoms with Gasteiger partial charge in [0.25, 0.3) is 0 Å². The van der Waals surface area contributed by atoms with Crippen LogP contribution in [0.15, 0.2) is 48.7 Å². The number of amides is 1. The van der Waals surface area contributed by atoms with Crippen molar-refractivity contribution >= 4 is 5.91 Å². The smallest absolute Gasteiger partial charge is 0.223 e. The van der Waals surface area contributed by atoms with Crippen LogP contribution in [0.5, 0.6) is 0 Å². The van der Waals surface area contributed by atoms with E-state index in [1.807, 2.05) is 6.07 Å². The third-order valence-electron chi connectivity index (χ3n) is 5.00. The molecule has 0 radical (unpaired) electrons. The van der Waals surface area contributed by atoms with Crippen LogP contribution in [0.1, 0.15) is 63.1 Å². The molecule has 0 N–H and O–H groups in total. The first-order chi connectivity index (χ1) is 12.3. The second kappa shape index (κ2) is 8.89. The van der Waals surface area contributed by atoms with Gasteiger partial charge in [0, 0.05) is 30.9 Å². The number of rotatable bonds is 10. The lowest BCUT2D eigenvalue weighted by Crippen LogP contribution is -2.33. The molecule has 0 spiro atoms. The van der Waals surface area contributed by atoms with Crippen LogP contribution in [0.4, 0.5) is 0 Å². The third kappa shape index (κ3) is 5.22. The van der Waals surface area contributed by atoms with Gasteiger partial charge in [-0.2, -0.15) is 0 Å². The summed E-state index contributed by atoms with van der Waals surface area (Å²) in [5.41, 5.74) is 2.53. The lowest BCUT2D eigenvalue weighted by Gasteiger charge is -2.23. The summed E-state index contributed by atoms with van der Waals surface area (Å²) in [4.78, 5) is 14.8. The molecule has 1 amide bonds. The number of hydrogen-bond acceptors (Lipinski definition) is 1. The highest BCUT2D eigenvalue weighted by atomic mass is 16.2. The number of carbonyl (C=O) groups excluding carboxylic acids is 1. The second-order valence-corrected chi connectivity index (χ2v) is 7.18. The highest BCUT2D eigenvalue weighted by Crippen LogP contribution is 2.29. The van der Waals surface area contributed by atoms with Gasteiger partial charge in [-0.1, -0.05) is 56.5 Å². The van der Waals surface area contributed by atoms with E-state index in [0.29, 0.717) is 18.4 Å². The molecule has 1 fully saturated rings. The van der Waals surface area contributed by atoms with E-state index in [2.05, 4.69) is 59.0 Å². The monoisotopic (exact) mass is 338 g/mol. The van der Waals surface area contributed by atoms with Crippen LogP contribution in [-0.2, 0) is 17.9 Å². The van der Waals surface area contributed by atoms with E-state index in [4.69, 9.17) is 0 Å². The molecule has 0 saturated heterocycles. The Labute approximate surface area is 151 Å². The summed E-state index contributed by atoms with van der Waals surface area (Å²) in [5, 5.41) is 0. The maximum absolute atomic E-state index is 12.7. The van der Waals surface area contributed by atoms with E-state index in [9.17, 15) is 4.79 Å². The third-order valence-corrected chi connectivity index (χ3v) is 5.00. The Morgan fingerprint density at radius 2 is 1.88 bits per heavy atom. The van der Waals surface area contributed by atoms with E-state index in [1.165, 1.54) is 43.4 Å². The second-order valence-electron chi connectivity index (χ2n) is 7.18.